The number of fused-ring (bicyclic) bond motifs is 1. The third-order valence-electron chi connectivity index (χ3n) is 4.07. The molecule has 118 valence electrons. The molecule has 0 unspecified atom stereocenters. The van der Waals surface area contributed by atoms with Crippen LogP contribution in [0.5, 0.6) is 0 Å². The number of aromatic nitrogens is 2. The van der Waals surface area contributed by atoms with E-state index >= 15 is 0 Å². The van der Waals surface area contributed by atoms with E-state index in [4.69, 9.17) is 9.97 Å². The normalized spacial score (nSPS) is 10.9. The van der Waals surface area contributed by atoms with Gasteiger partial charge in [-0.25, -0.2) is 9.97 Å². The van der Waals surface area contributed by atoms with Crippen LogP contribution >= 0.6 is 0 Å². The van der Waals surface area contributed by atoms with Crippen molar-refractivity contribution in [3.05, 3.63) is 54.1 Å². The van der Waals surface area contributed by atoms with Gasteiger partial charge in [0, 0.05) is 24.5 Å². The maximum atomic E-state index is 4.88. The van der Waals surface area contributed by atoms with Crippen LogP contribution in [0.3, 0.4) is 0 Å². The molecule has 0 amide bonds. The highest BCUT2D eigenvalue weighted by Gasteiger charge is 2.12. The van der Waals surface area contributed by atoms with Gasteiger partial charge < -0.3 is 4.90 Å². The zero-order valence-electron chi connectivity index (χ0n) is 14.1. The predicted molar refractivity (Wildman–Crippen MR) is 97.9 cm³/mol. The lowest BCUT2D eigenvalue weighted by Crippen LogP contribution is -2.20. The van der Waals surface area contributed by atoms with Crippen LogP contribution < -0.4 is 4.90 Å². The fraction of sp³-hybridized carbons (Fsp3) is 0.300. The molecule has 0 aliphatic heterocycles. The molecule has 0 fully saturated rings. The van der Waals surface area contributed by atoms with Crippen molar-refractivity contribution in [1.82, 2.24) is 9.97 Å². The predicted octanol–water partition coefficient (Wildman–Crippen LogP) is 4.84. The van der Waals surface area contributed by atoms with E-state index < -0.39 is 0 Å². The van der Waals surface area contributed by atoms with Crippen LogP contribution in [0, 0.1) is 6.92 Å². The summed E-state index contributed by atoms with van der Waals surface area (Å²) in [6.07, 6.45) is 2.34. The summed E-state index contributed by atoms with van der Waals surface area (Å²) in [5.74, 6) is 1.81. The number of rotatable bonds is 5. The summed E-state index contributed by atoms with van der Waals surface area (Å²) in [7, 11) is 2.12. The summed E-state index contributed by atoms with van der Waals surface area (Å²) in [5, 5.41) is 1.11. The molecule has 1 aromatic heterocycles. The summed E-state index contributed by atoms with van der Waals surface area (Å²) in [4.78, 5) is 11.9. The summed E-state index contributed by atoms with van der Waals surface area (Å²) < 4.78 is 0. The molecule has 0 spiro atoms. The SMILES string of the molecule is CCCCN(C)c1nc(-c2cccc(C)c2)nc2ccccc12. The number of anilines is 1. The van der Waals surface area contributed by atoms with Crippen molar-refractivity contribution in [1.29, 1.82) is 0 Å². The molecule has 1 heterocycles. The maximum Gasteiger partial charge on any atom is 0.162 e. The van der Waals surface area contributed by atoms with Crippen molar-refractivity contribution in [2.45, 2.75) is 26.7 Å². The Morgan fingerprint density at radius 3 is 2.61 bits per heavy atom. The maximum absolute atomic E-state index is 4.88. The quantitative estimate of drug-likeness (QED) is 0.675. The molecular formula is C20H23N3. The van der Waals surface area contributed by atoms with Crippen molar-refractivity contribution in [3.8, 4) is 11.4 Å². The summed E-state index contributed by atoms with van der Waals surface area (Å²) in [6.45, 7) is 5.31. The van der Waals surface area contributed by atoms with Gasteiger partial charge in [-0.1, -0.05) is 49.2 Å². The summed E-state index contributed by atoms with van der Waals surface area (Å²) in [5.41, 5.74) is 3.29. The number of benzene rings is 2. The third kappa shape index (κ3) is 3.34. The molecule has 0 bridgehead atoms. The van der Waals surface area contributed by atoms with Crippen molar-refractivity contribution in [3.63, 3.8) is 0 Å². The average Bonchev–Trinajstić information content (AvgIpc) is 2.58. The second kappa shape index (κ2) is 6.78. The monoisotopic (exact) mass is 305 g/mol. The highest BCUT2D eigenvalue weighted by atomic mass is 15.2. The molecule has 3 rings (SSSR count). The van der Waals surface area contributed by atoms with Gasteiger partial charge in [0.25, 0.3) is 0 Å². The third-order valence-corrected chi connectivity index (χ3v) is 4.07. The molecule has 3 aromatic rings. The lowest BCUT2D eigenvalue weighted by molar-refractivity contribution is 0.761. The van der Waals surface area contributed by atoms with Crippen LogP contribution in [0.15, 0.2) is 48.5 Å². The molecule has 0 aliphatic rings. The standard InChI is InChI=1S/C20H23N3/c1-4-5-13-23(3)20-17-11-6-7-12-18(17)21-19(22-20)16-10-8-9-15(2)14-16/h6-12,14H,4-5,13H2,1-3H3. The van der Waals surface area contributed by atoms with E-state index in [-0.39, 0.29) is 0 Å². The zero-order valence-corrected chi connectivity index (χ0v) is 14.1. The molecule has 0 atom stereocenters. The van der Waals surface area contributed by atoms with Crippen LogP contribution in [0.2, 0.25) is 0 Å². The molecule has 3 nitrogen and oxygen atoms in total. The molecule has 2 aromatic carbocycles. The Hall–Kier alpha value is -2.42. The first-order valence-electron chi connectivity index (χ1n) is 8.24. The smallest absolute Gasteiger partial charge is 0.162 e. The molecule has 23 heavy (non-hydrogen) atoms. The Bertz CT molecular complexity index is 811. The van der Waals surface area contributed by atoms with E-state index in [0.717, 1.165) is 41.1 Å². The van der Waals surface area contributed by atoms with Gasteiger partial charge in [-0.05, 0) is 31.5 Å². The van der Waals surface area contributed by atoms with Crippen molar-refractivity contribution in [2.24, 2.45) is 0 Å². The second-order valence-corrected chi connectivity index (χ2v) is 6.03. The number of unbranched alkanes of at least 4 members (excludes halogenated alkanes) is 1. The Morgan fingerprint density at radius 1 is 1.00 bits per heavy atom. The van der Waals surface area contributed by atoms with E-state index in [1.165, 1.54) is 12.0 Å². The number of hydrogen-bond acceptors (Lipinski definition) is 3. The number of aryl methyl sites for hydroxylation is 1. The van der Waals surface area contributed by atoms with E-state index in [1.54, 1.807) is 0 Å². The fourth-order valence-electron chi connectivity index (χ4n) is 2.77. The average molecular weight is 305 g/mol. The first kappa shape index (κ1) is 15.5. The Morgan fingerprint density at radius 2 is 1.83 bits per heavy atom. The minimum Gasteiger partial charge on any atom is -0.359 e. The van der Waals surface area contributed by atoms with Crippen molar-refractivity contribution >= 4 is 16.7 Å². The highest BCUT2D eigenvalue weighted by molar-refractivity contribution is 5.91. The molecule has 0 saturated heterocycles. The number of para-hydroxylation sites is 1. The van der Waals surface area contributed by atoms with Gasteiger partial charge in [0.05, 0.1) is 5.52 Å². The van der Waals surface area contributed by atoms with Crippen molar-refractivity contribution in [2.75, 3.05) is 18.5 Å². The molecule has 0 N–H and O–H groups in total. The Balaban J connectivity index is 2.13. The molecule has 3 heteroatoms. The van der Waals surface area contributed by atoms with E-state index in [2.05, 4.69) is 68.3 Å². The second-order valence-electron chi connectivity index (χ2n) is 6.03. The first-order valence-corrected chi connectivity index (χ1v) is 8.24. The summed E-state index contributed by atoms with van der Waals surface area (Å²) in [6, 6.07) is 16.6. The van der Waals surface area contributed by atoms with Gasteiger partial charge in [0.2, 0.25) is 0 Å². The van der Waals surface area contributed by atoms with Gasteiger partial charge in [-0.15, -0.1) is 0 Å². The van der Waals surface area contributed by atoms with Crippen LogP contribution in [0.4, 0.5) is 5.82 Å². The summed E-state index contributed by atoms with van der Waals surface area (Å²) >= 11 is 0. The topological polar surface area (TPSA) is 29.0 Å². The molecular weight excluding hydrogens is 282 g/mol. The zero-order chi connectivity index (χ0) is 16.2. The van der Waals surface area contributed by atoms with Crippen LogP contribution in [0.25, 0.3) is 22.3 Å². The Kier molecular flexibility index (Phi) is 4.56. The largest absolute Gasteiger partial charge is 0.359 e. The van der Waals surface area contributed by atoms with Crippen LogP contribution in [-0.4, -0.2) is 23.6 Å². The van der Waals surface area contributed by atoms with E-state index in [9.17, 15) is 0 Å². The van der Waals surface area contributed by atoms with Gasteiger partial charge in [0.1, 0.15) is 5.82 Å². The Labute approximate surface area is 138 Å². The van der Waals surface area contributed by atoms with Gasteiger partial charge in [-0.3, -0.25) is 0 Å². The molecule has 0 aliphatic carbocycles. The first-order chi connectivity index (χ1) is 11.2. The molecule has 0 radical (unpaired) electrons. The van der Waals surface area contributed by atoms with Crippen LogP contribution in [0.1, 0.15) is 25.3 Å². The highest BCUT2D eigenvalue weighted by Crippen LogP contribution is 2.27. The number of nitrogens with zero attached hydrogens (tertiary/aromatic N) is 3. The van der Waals surface area contributed by atoms with Gasteiger partial charge >= 0.3 is 0 Å². The lowest BCUT2D eigenvalue weighted by atomic mass is 10.1. The lowest BCUT2D eigenvalue weighted by Gasteiger charge is -2.20. The number of hydrogen-bond donors (Lipinski definition) is 0. The van der Waals surface area contributed by atoms with Crippen LogP contribution in [-0.2, 0) is 0 Å². The van der Waals surface area contributed by atoms with Crippen molar-refractivity contribution < 1.29 is 0 Å². The minimum absolute atomic E-state index is 0.797. The van der Waals surface area contributed by atoms with Gasteiger partial charge in [-0.2, -0.15) is 0 Å². The van der Waals surface area contributed by atoms with Gasteiger partial charge in [0.15, 0.2) is 5.82 Å². The van der Waals surface area contributed by atoms with E-state index in [1.807, 2.05) is 6.07 Å². The fourth-order valence-corrected chi connectivity index (χ4v) is 2.77. The minimum atomic E-state index is 0.797. The van der Waals surface area contributed by atoms with E-state index in [0.29, 0.717) is 0 Å². The molecule has 0 saturated carbocycles.